The standard InChI is InChI=1S/C25H32N2O5/c28-24-26-23(32-12-7-20-17-30-13-14-31-20)16-22-21-4-3-18(15-19(21)6-11-27(22)24)5-10-25(29)8-1-2-9-25/h3-4,15-16,20,29H,1-2,5-14,17H2. The summed E-state index contributed by atoms with van der Waals surface area (Å²) in [6.07, 6.45) is 7.34. The number of ether oxygens (including phenoxy) is 3. The molecule has 172 valence electrons. The van der Waals surface area contributed by atoms with Gasteiger partial charge in [0.2, 0.25) is 5.88 Å². The van der Waals surface area contributed by atoms with Crippen molar-refractivity contribution in [2.45, 2.75) is 69.6 Å². The molecule has 1 unspecified atom stereocenters. The van der Waals surface area contributed by atoms with Gasteiger partial charge in [0.15, 0.2) is 0 Å². The molecule has 1 N–H and O–H groups in total. The number of hydrogen-bond donors (Lipinski definition) is 1. The molecule has 1 saturated carbocycles. The van der Waals surface area contributed by atoms with Crippen LogP contribution < -0.4 is 10.4 Å². The molecule has 0 amide bonds. The van der Waals surface area contributed by atoms with Crippen molar-refractivity contribution in [2.24, 2.45) is 0 Å². The van der Waals surface area contributed by atoms with Gasteiger partial charge in [0.25, 0.3) is 0 Å². The van der Waals surface area contributed by atoms with Crippen LogP contribution in [0.1, 0.15) is 49.7 Å². The van der Waals surface area contributed by atoms with E-state index < -0.39 is 5.60 Å². The normalized spacial score (nSPS) is 21.7. The second-order valence-electron chi connectivity index (χ2n) is 9.29. The number of rotatable bonds is 7. The van der Waals surface area contributed by atoms with Crippen molar-refractivity contribution in [3.05, 3.63) is 45.9 Å². The van der Waals surface area contributed by atoms with E-state index in [0.717, 1.165) is 56.2 Å². The average Bonchev–Trinajstić information content (AvgIpc) is 3.25. The summed E-state index contributed by atoms with van der Waals surface area (Å²) in [6, 6.07) is 8.34. The first kappa shape index (κ1) is 21.6. The molecule has 1 aromatic heterocycles. The van der Waals surface area contributed by atoms with Crippen LogP contribution in [0.2, 0.25) is 0 Å². The molecule has 5 rings (SSSR count). The van der Waals surface area contributed by atoms with Crippen LogP contribution in [0.5, 0.6) is 5.88 Å². The first-order chi connectivity index (χ1) is 15.6. The van der Waals surface area contributed by atoms with E-state index >= 15 is 0 Å². The summed E-state index contributed by atoms with van der Waals surface area (Å²) in [7, 11) is 0. The molecule has 0 radical (unpaired) electrons. The van der Waals surface area contributed by atoms with E-state index in [2.05, 4.69) is 23.2 Å². The molecule has 2 aromatic rings. The van der Waals surface area contributed by atoms with Crippen LogP contribution in [0.25, 0.3) is 11.3 Å². The number of aryl methyl sites for hydroxylation is 2. The molecule has 0 spiro atoms. The fraction of sp³-hybridized carbons (Fsp3) is 0.600. The minimum atomic E-state index is -0.484. The topological polar surface area (TPSA) is 82.8 Å². The molecule has 3 heterocycles. The largest absolute Gasteiger partial charge is 0.477 e. The zero-order chi connectivity index (χ0) is 22.0. The maximum atomic E-state index is 12.6. The number of benzene rings is 1. The van der Waals surface area contributed by atoms with Crippen LogP contribution >= 0.6 is 0 Å². The van der Waals surface area contributed by atoms with Crippen molar-refractivity contribution in [3.8, 4) is 17.1 Å². The number of aliphatic hydroxyl groups is 1. The Balaban J connectivity index is 1.29. The molecule has 32 heavy (non-hydrogen) atoms. The molecule has 3 aliphatic rings. The number of hydrogen-bond acceptors (Lipinski definition) is 6. The molecule has 1 saturated heterocycles. The van der Waals surface area contributed by atoms with E-state index in [0.29, 0.717) is 45.3 Å². The van der Waals surface area contributed by atoms with Crippen LogP contribution in [-0.2, 0) is 28.9 Å². The fourth-order valence-corrected chi connectivity index (χ4v) is 5.15. The summed E-state index contributed by atoms with van der Waals surface area (Å²) < 4.78 is 18.6. The van der Waals surface area contributed by atoms with E-state index in [4.69, 9.17) is 14.2 Å². The molecule has 2 aliphatic heterocycles. The van der Waals surface area contributed by atoms with Crippen molar-refractivity contribution < 1.29 is 19.3 Å². The summed E-state index contributed by atoms with van der Waals surface area (Å²) in [6.45, 7) is 2.88. The van der Waals surface area contributed by atoms with Crippen LogP contribution in [0.4, 0.5) is 0 Å². The Morgan fingerprint density at radius 2 is 2.09 bits per heavy atom. The molecule has 1 atom stereocenters. The summed E-state index contributed by atoms with van der Waals surface area (Å²) in [5.41, 5.74) is 3.66. The number of nitrogens with zero attached hydrogens (tertiary/aromatic N) is 2. The third-order valence-electron chi connectivity index (χ3n) is 7.03. The minimum absolute atomic E-state index is 0.0314. The molecule has 1 aromatic carbocycles. The fourth-order valence-electron chi connectivity index (χ4n) is 5.15. The average molecular weight is 441 g/mol. The lowest BCUT2D eigenvalue weighted by atomic mass is 9.90. The first-order valence-electron chi connectivity index (χ1n) is 11.9. The summed E-state index contributed by atoms with van der Waals surface area (Å²) in [5.74, 6) is 0.360. The van der Waals surface area contributed by atoms with Crippen molar-refractivity contribution >= 4 is 0 Å². The van der Waals surface area contributed by atoms with Crippen molar-refractivity contribution in [1.82, 2.24) is 9.55 Å². The van der Waals surface area contributed by atoms with Gasteiger partial charge in [0.1, 0.15) is 0 Å². The van der Waals surface area contributed by atoms with Crippen LogP contribution in [-0.4, -0.2) is 52.8 Å². The van der Waals surface area contributed by atoms with E-state index in [1.807, 2.05) is 6.07 Å². The Bertz CT molecular complexity index is 1010. The van der Waals surface area contributed by atoms with Gasteiger partial charge in [-0.3, -0.25) is 4.57 Å². The van der Waals surface area contributed by atoms with Gasteiger partial charge in [0.05, 0.1) is 43.8 Å². The molecular formula is C25H32N2O5. The predicted octanol–water partition coefficient (Wildman–Crippen LogP) is 2.89. The van der Waals surface area contributed by atoms with E-state index in [9.17, 15) is 9.90 Å². The highest BCUT2D eigenvalue weighted by molar-refractivity contribution is 5.67. The minimum Gasteiger partial charge on any atom is -0.477 e. The van der Waals surface area contributed by atoms with E-state index in [1.165, 1.54) is 11.1 Å². The lowest BCUT2D eigenvalue weighted by Crippen LogP contribution is -2.31. The lowest BCUT2D eigenvalue weighted by Gasteiger charge is -2.24. The van der Waals surface area contributed by atoms with Crippen molar-refractivity contribution in [2.75, 3.05) is 26.4 Å². The second-order valence-corrected chi connectivity index (χ2v) is 9.29. The predicted molar refractivity (Wildman–Crippen MR) is 120 cm³/mol. The zero-order valence-electron chi connectivity index (χ0n) is 18.6. The molecule has 0 bridgehead atoms. The SMILES string of the molecule is O=c1nc(OCCC2COCCO2)cc2n1CCc1cc(CCC3(O)CCCC3)ccc1-2. The molecular weight excluding hydrogens is 408 g/mol. The number of aromatic nitrogens is 2. The summed E-state index contributed by atoms with van der Waals surface area (Å²) in [5, 5.41) is 10.7. The van der Waals surface area contributed by atoms with Gasteiger partial charge in [-0.1, -0.05) is 31.0 Å². The molecule has 2 fully saturated rings. The number of fused-ring (bicyclic) bond motifs is 3. The van der Waals surface area contributed by atoms with Crippen molar-refractivity contribution in [3.63, 3.8) is 0 Å². The highest BCUT2D eigenvalue weighted by Gasteiger charge is 2.30. The lowest BCUT2D eigenvalue weighted by molar-refractivity contribution is -0.0936. The third-order valence-corrected chi connectivity index (χ3v) is 7.03. The molecule has 7 heteroatoms. The van der Waals surface area contributed by atoms with Gasteiger partial charge in [-0.2, -0.15) is 4.98 Å². The van der Waals surface area contributed by atoms with Crippen LogP contribution in [0.3, 0.4) is 0 Å². The monoisotopic (exact) mass is 440 g/mol. The summed E-state index contributed by atoms with van der Waals surface area (Å²) >= 11 is 0. The van der Waals surface area contributed by atoms with Crippen LogP contribution in [0.15, 0.2) is 29.1 Å². The van der Waals surface area contributed by atoms with Crippen LogP contribution in [0, 0.1) is 0 Å². The van der Waals surface area contributed by atoms with E-state index in [1.54, 1.807) is 4.57 Å². The maximum Gasteiger partial charge on any atom is 0.351 e. The highest BCUT2D eigenvalue weighted by Crippen LogP contribution is 2.35. The van der Waals surface area contributed by atoms with Gasteiger partial charge in [-0.15, -0.1) is 0 Å². The third kappa shape index (κ3) is 4.75. The maximum absolute atomic E-state index is 12.6. The molecule has 1 aliphatic carbocycles. The Morgan fingerprint density at radius 1 is 1.22 bits per heavy atom. The Hall–Kier alpha value is -2.22. The quantitative estimate of drug-likeness (QED) is 0.713. The highest BCUT2D eigenvalue weighted by atomic mass is 16.6. The zero-order valence-corrected chi connectivity index (χ0v) is 18.6. The smallest absolute Gasteiger partial charge is 0.351 e. The van der Waals surface area contributed by atoms with Gasteiger partial charge in [-0.05, 0) is 43.2 Å². The van der Waals surface area contributed by atoms with Gasteiger partial charge in [-0.25, -0.2) is 4.79 Å². The Morgan fingerprint density at radius 3 is 2.91 bits per heavy atom. The van der Waals surface area contributed by atoms with E-state index in [-0.39, 0.29) is 11.8 Å². The second kappa shape index (κ2) is 9.33. The molecule has 7 nitrogen and oxygen atoms in total. The van der Waals surface area contributed by atoms with Gasteiger partial charge >= 0.3 is 5.69 Å². The Kier molecular flexibility index (Phi) is 6.31. The Labute approximate surface area is 188 Å². The first-order valence-corrected chi connectivity index (χ1v) is 11.9. The van der Waals surface area contributed by atoms with Gasteiger partial charge in [0, 0.05) is 24.6 Å². The summed E-state index contributed by atoms with van der Waals surface area (Å²) in [4.78, 5) is 16.7. The van der Waals surface area contributed by atoms with Crippen molar-refractivity contribution in [1.29, 1.82) is 0 Å². The van der Waals surface area contributed by atoms with Gasteiger partial charge < -0.3 is 19.3 Å².